The summed E-state index contributed by atoms with van der Waals surface area (Å²) in [5.41, 5.74) is 5.47. The number of ether oxygens (including phenoxy) is 2. The number of fused-ring (bicyclic) bond motifs is 1. The summed E-state index contributed by atoms with van der Waals surface area (Å²) in [6, 6.07) is 0. The summed E-state index contributed by atoms with van der Waals surface area (Å²) in [6.45, 7) is 6.98. The zero-order chi connectivity index (χ0) is 19.0. The monoisotopic (exact) mass is 371 g/mol. The molecule has 1 atom stereocenters. The van der Waals surface area contributed by atoms with Crippen LogP contribution in [-0.2, 0) is 15.9 Å². The summed E-state index contributed by atoms with van der Waals surface area (Å²) in [5.74, 6) is 0.241. The molecular formula is C22H29NO4. The van der Waals surface area contributed by atoms with E-state index in [1.807, 2.05) is 0 Å². The molecule has 0 radical (unpaired) electrons. The average molecular weight is 371 g/mol. The van der Waals surface area contributed by atoms with Gasteiger partial charge in [0, 0.05) is 36.0 Å². The second-order valence-corrected chi connectivity index (χ2v) is 8.77. The van der Waals surface area contributed by atoms with Gasteiger partial charge in [0.15, 0.2) is 6.29 Å². The molecular weight excluding hydrogens is 342 g/mol. The molecule has 0 spiro atoms. The Morgan fingerprint density at radius 3 is 2.67 bits per heavy atom. The van der Waals surface area contributed by atoms with Crippen molar-refractivity contribution in [3.63, 3.8) is 0 Å². The minimum atomic E-state index is -0.586. The second-order valence-electron chi connectivity index (χ2n) is 8.77. The van der Waals surface area contributed by atoms with Gasteiger partial charge in [0.1, 0.15) is 0 Å². The molecule has 4 rings (SSSR count). The average Bonchev–Trinajstić information content (AvgIpc) is 2.67. The number of carbonyl (C=O) groups excluding carboxylic acids is 1. The fourth-order valence-corrected chi connectivity index (χ4v) is 4.83. The molecule has 1 aromatic rings. The number of nitrogens with zero attached hydrogens (tertiary/aromatic N) is 1. The lowest BCUT2D eigenvalue weighted by Crippen LogP contribution is -2.30. The minimum absolute atomic E-state index is 0.00359. The normalized spacial score (nSPS) is 25.6. The molecule has 0 aromatic carbocycles. The van der Waals surface area contributed by atoms with E-state index in [-0.39, 0.29) is 11.3 Å². The van der Waals surface area contributed by atoms with Gasteiger partial charge >= 0.3 is 0 Å². The van der Waals surface area contributed by atoms with Crippen LogP contribution in [0.4, 0.5) is 0 Å². The Hall–Kier alpha value is -1.56. The molecule has 1 N–H and O–H groups in total. The Kier molecular flexibility index (Phi) is 5.19. The van der Waals surface area contributed by atoms with Crippen molar-refractivity contribution in [2.45, 2.75) is 58.0 Å². The highest BCUT2D eigenvalue weighted by Crippen LogP contribution is 2.46. The summed E-state index contributed by atoms with van der Waals surface area (Å²) in [7, 11) is 0. The van der Waals surface area contributed by atoms with Crippen molar-refractivity contribution in [1.82, 2.24) is 4.98 Å². The molecule has 0 amide bonds. The van der Waals surface area contributed by atoms with Gasteiger partial charge in [0.2, 0.25) is 0 Å². The lowest BCUT2D eigenvalue weighted by molar-refractivity contribution is 0.0829. The summed E-state index contributed by atoms with van der Waals surface area (Å²) in [4.78, 5) is 17.2. The van der Waals surface area contributed by atoms with E-state index < -0.39 is 6.10 Å². The molecule has 5 heteroatoms. The van der Waals surface area contributed by atoms with Gasteiger partial charge in [0.05, 0.1) is 25.0 Å². The van der Waals surface area contributed by atoms with Crippen LogP contribution in [0, 0.1) is 5.41 Å². The van der Waals surface area contributed by atoms with Crippen molar-refractivity contribution in [2.75, 3.05) is 26.4 Å². The van der Waals surface area contributed by atoms with Crippen LogP contribution in [-0.4, -0.2) is 42.8 Å². The summed E-state index contributed by atoms with van der Waals surface area (Å²) < 4.78 is 11.0. The first-order valence-electron chi connectivity index (χ1n) is 10.0. The SMILES string of the molecule is CC1(C)Cc2nc(C3CCOCC3)c(C=O)c(C3=CCOCC3)c2C(O)C1. The molecule has 1 aromatic heterocycles. The maximum atomic E-state index is 12.2. The van der Waals surface area contributed by atoms with Gasteiger partial charge in [-0.25, -0.2) is 0 Å². The summed E-state index contributed by atoms with van der Waals surface area (Å²) >= 11 is 0. The first-order chi connectivity index (χ1) is 13.0. The molecule has 0 bridgehead atoms. The minimum Gasteiger partial charge on any atom is -0.388 e. The summed E-state index contributed by atoms with van der Waals surface area (Å²) in [5, 5.41) is 11.0. The second kappa shape index (κ2) is 7.46. The molecule has 1 unspecified atom stereocenters. The number of carbonyl (C=O) groups is 1. The van der Waals surface area contributed by atoms with Crippen LogP contribution in [0.15, 0.2) is 6.08 Å². The quantitative estimate of drug-likeness (QED) is 0.822. The Morgan fingerprint density at radius 1 is 1.22 bits per heavy atom. The topological polar surface area (TPSA) is 68.7 Å². The van der Waals surface area contributed by atoms with Crippen molar-refractivity contribution in [2.24, 2.45) is 5.41 Å². The van der Waals surface area contributed by atoms with E-state index in [1.165, 1.54) is 0 Å². The van der Waals surface area contributed by atoms with Crippen LogP contribution in [0.1, 0.15) is 84.4 Å². The highest BCUT2D eigenvalue weighted by Gasteiger charge is 2.37. The highest BCUT2D eigenvalue weighted by atomic mass is 16.5. The third-order valence-corrected chi connectivity index (χ3v) is 6.12. The van der Waals surface area contributed by atoms with Gasteiger partial charge in [-0.05, 0) is 48.7 Å². The largest absolute Gasteiger partial charge is 0.388 e. The maximum Gasteiger partial charge on any atom is 0.152 e. The molecule has 0 saturated carbocycles. The van der Waals surface area contributed by atoms with Crippen molar-refractivity contribution in [3.8, 4) is 0 Å². The molecule has 2 aliphatic heterocycles. The maximum absolute atomic E-state index is 12.2. The molecule has 27 heavy (non-hydrogen) atoms. The van der Waals surface area contributed by atoms with E-state index >= 15 is 0 Å². The number of pyridine rings is 1. The number of aldehydes is 1. The fraction of sp³-hybridized carbons (Fsp3) is 0.636. The molecule has 1 aliphatic carbocycles. The number of aliphatic hydroxyl groups is 1. The zero-order valence-corrected chi connectivity index (χ0v) is 16.3. The number of rotatable bonds is 3. The van der Waals surface area contributed by atoms with E-state index in [2.05, 4.69) is 19.9 Å². The lowest BCUT2D eigenvalue weighted by Gasteiger charge is -2.37. The van der Waals surface area contributed by atoms with Crippen LogP contribution in [0.3, 0.4) is 0 Å². The van der Waals surface area contributed by atoms with Crippen molar-refractivity contribution >= 4 is 11.9 Å². The number of hydrogen-bond acceptors (Lipinski definition) is 5. The molecule has 3 aliphatic rings. The molecule has 5 nitrogen and oxygen atoms in total. The molecule has 146 valence electrons. The zero-order valence-electron chi connectivity index (χ0n) is 16.3. The van der Waals surface area contributed by atoms with Crippen LogP contribution in [0.5, 0.6) is 0 Å². The van der Waals surface area contributed by atoms with Crippen LogP contribution >= 0.6 is 0 Å². The fourth-order valence-electron chi connectivity index (χ4n) is 4.83. The first-order valence-corrected chi connectivity index (χ1v) is 10.0. The Balaban J connectivity index is 1.93. The van der Waals surface area contributed by atoms with E-state index in [1.54, 1.807) is 0 Å². The van der Waals surface area contributed by atoms with Gasteiger partial charge < -0.3 is 14.6 Å². The first kappa shape index (κ1) is 18.8. The van der Waals surface area contributed by atoms with E-state index in [4.69, 9.17) is 14.5 Å². The highest BCUT2D eigenvalue weighted by molar-refractivity contribution is 5.89. The lowest BCUT2D eigenvalue weighted by atomic mass is 9.71. The Bertz CT molecular complexity index is 762. The third-order valence-electron chi connectivity index (χ3n) is 6.12. The number of hydrogen-bond donors (Lipinski definition) is 1. The van der Waals surface area contributed by atoms with Crippen LogP contribution in [0.2, 0.25) is 0 Å². The summed E-state index contributed by atoms with van der Waals surface area (Å²) in [6.07, 6.45) is 6.49. The van der Waals surface area contributed by atoms with Crippen molar-refractivity contribution in [1.29, 1.82) is 0 Å². The van der Waals surface area contributed by atoms with Gasteiger partial charge in [0.25, 0.3) is 0 Å². The predicted octanol–water partition coefficient (Wildman–Crippen LogP) is 3.60. The van der Waals surface area contributed by atoms with E-state index in [0.717, 1.165) is 60.1 Å². The van der Waals surface area contributed by atoms with E-state index in [0.29, 0.717) is 38.4 Å². The standard InChI is InChI=1S/C22H29NO4/c1-22(2)11-17-20(18(25)12-22)19(14-3-7-26-8-4-14)16(13-24)21(23-17)15-5-9-27-10-6-15/h3,13,15,18,25H,4-12H2,1-2H3. The third kappa shape index (κ3) is 3.60. The number of aliphatic hydroxyl groups excluding tert-OH is 1. The predicted molar refractivity (Wildman–Crippen MR) is 103 cm³/mol. The molecule has 1 fully saturated rings. The van der Waals surface area contributed by atoms with Crippen molar-refractivity contribution in [3.05, 3.63) is 34.2 Å². The van der Waals surface area contributed by atoms with E-state index in [9.17, 15) is 9.90 Å². The van der Waals surface area contributed by atoms with Gasteiger partial charge in [-0.2, -0.15) is 0 Å². The molecule has 3 heterocycles. The van der Waals surface area contributed by atoms with Crippen molar-refractivity contribution < 1.29 is 19.4 Å². The van der Waals surface area contributed by atoms with Crippen LogP contribution < -0.4 is 0 Å². The molecule has 1 saturated heterocycles. The Morgan fingerprint density at radius 2 is 2.00 bits per heavy atom. The van der Waals surface area contributed by atoms with Crippen LogP contribution in [0.25, 0.3) is 5.57 Å². The van der Waals surface area contributed by atoms with Gasteiger partial charge in [-0.3, -0.25) is 9.78 Å². The van der Waals surface area contributed by atoms with Gasteiger partial charge in [-0.1, -0.05) is 19.9 Å². The number of aromatic nitrogens is 1. The Labute approximate surface area is 160 Å². The smallest absolute Gasteiger partial charge is 0.152 e. The van der Waals surface area contributed by atoms with Gasteiger partial charge in [-0.15, -0.1) is 0 Å².